The maximum atomic E-state index is 13.8. The van der Waals surface area contributed by atoms with E-state index in [9.17, 15) is 40.3 Å². The van der Waals surface area contributed by atoms with Crippen LogP contribution in [0.2, 0.25) is 0 Å². The molecule has 0 aliphatic heterocycles. The predicted octanol–water partition coefficient (Wildman–Crippen LogP) is 4.07. The number of ether oxygens (including phenoxy) is 1. The molecule has 0 fully saturated rings. The van der Waals surface area contributed by atoms with Crippen LogP contribution in [-0.2, 0) is 6.18 Å². The second kappa shape index (κ2) is 7.65. The van der Waals surface area contributed by atoms with Gasteiger partial charge in [-0.05, 0) is 24.3 Å². The number of halogens is 7. The van der Waals surface area contributed by atoms with E-state index in [1.54, 1.807) is 10.3 Å². The fourth-order valence-corrected chi connectivity index (χ4v) is 2.52. The summed E-state index contributed by atoms with van der Waals surface area (Å²) in [5, 5.41) is 1.41. The van der Waals surface area contributed by atoms with Crippen LogP contribution in [0.4, 0.5) is 36.4 Å². The Balaban J connectivity index is 2.14. The Hall–Kier alpha value is -3.64. The van der Waals surface area contributed by atoms with Gasteiger partial charge in [-0.3, -0.25) is 9.59 Å². The molecule has 6 nitrogen and oxygen atoms in total. The van der Waals surface area contributed by atoms with E-state index in [0.717, 1.165) is 18.2 Å². The van der Waals surface area contributed by atoms with Crippen LogP contribution in [0.15, 0.2) is 35.3 Å². The first-order valence-electron chi connectivity index (χ1n) is 7.83. The van der Waals surface area contributed by atoms with Gasteiger partial charge in [-0.15, -0.1) is 0 Å². The number of rotatable bonds is 4. The topological polar surface area (TPSA) is 84.1 Å². The highest BCUT2D eigenvalue weighted by Gasteiger charge is 2.33. The number of carbonyl (C=O) groups excluding carboxylic acids is 1. The summed E-state index contributed by atoms with van der Waals surface area (Å²) in [6.45, 7) is -3.40. The molecule has 30 heavy (non-hydrogen) atoms. The minimum Gasteiger partial charge on any atom is -0.432 e. The largest absolute Gasteiger partial charge is 0.433 e. The van der Waals surface area contributed by atoms with E-state index < -0.39 is 64.1 Å². The first kappa shape index (κ1) is 21.1. The van der Waals surface area contributed by atoms with Gasteiger partial charge in [-0.1, -0.05) is 0 Å². The van der Waals surface area contributed by atoms with Gasteiger partial charge >= 0.3 is 12.8 Å². The van der Waals surface area contributed by atoms with Crippen molar-refractivity contribution in [1.29, 1.82) is 0 Å². The van der Waals surface area contributed by atoms with Crippen LogP contribution in [0.3, 0.4) is 0 Å². The normalized spacial score (nSPS) is 11.7. The smallest absolute Gasteiger partial charge is 0.432 e. The maximum absolute atomic E-state index is 13.8. The number of benzene rings is 1. The van der Waals surface area contributed by atoms with E-state index in [1.807, 2.05) is 0 Å². The van der Waals surface area contributed by atoms with E-state index >= 15 is 0 Å². The Morgan fingerprint density at radius 2 is 1.83 bits per heavy atom. The lowest BCUT2D eigenvalue weighted by Gasteiger charge is -2.14. The van der Waals surface area contributed by atoms with Gasteiger partial charge in [0.25, 0.3) is 11.5 Å². The SMILES string of the molecule is O=C(Nc1c(F)c[nH]c(=O)c1F)c1ccc(OC(F)F)c2nc(C(F)(F)F)ccc12. The molecule has 2 N–H and O–H groups in total. The molecule has 3 rings (SSSR count). The average Bonchev–Trinajstić information content (AvgIpc) is 2.67. The number of anilines is 1. The summed E-state index contributed by atoms with van der Waals surface area (Å²) in [4.78, 5) is 28.7. The quantitative estimate of drug-likeness (QED) is 0.606. The fourth-order valence-electron chi connectivity index (χ4n) is 2.52. The minimum absolute atomic E-state index is 0.371. The number of carbonyl (C=O) groups is 1. The van der Waals surface area contributed by atoms with Crippen LogP contribution >= 0.6 is 0 Å². The molecule has 2 heterocycles. The van der Waals surface area contributed by atoms with E-state index in [0.29, 0.717) is 12.3 Å². The number of alkyl halides is 5. The molecule has 1 amide bonds. The standard InChI is InChI=1S/C17H8F7N3O3/c18-8-5-25-15(29)11(19)13(8)27-14(28)7-1-3-9(30-16(20)21)12-6(7)2-4-10(26-12)17(22,23)24/h1-5,16H,(H2,25,27,28,29). The Kier molecular flexibility index (Phi) is 5.37. The molecule has 0 atom stereocenters. The second-order valence-corrected chi connectivity index (χ2v) is 5.69. The maximum Gasteiger partial charge on any atom is 0.433 e. The molecule has 1 aromatic carbocycles. The van der Waals surface area contributed by atoms with Crippen LogP contribution in [0.5, 0.6) is 5.75 Å². The molecular weight excluding hydrogens is 427 g/mol. The van der Waals surface area contributed by atoms with Crippen molar-refractivity contribution in [1.82, 2.24) is 9.97 Å². The Morgan fingerprint density at radius 3 is 2.47 bits per heavy atom. The van der Waals surface area contributed by atoms with Gasteiger partial charge in [0.1, 0.15) is 16.9 Å². The van der Waals surface area contributed by atoms with Crippen molar-refractivity contribution < 1.29 is 40.3 Å². The van der Waals surface area contributed by atoms with Crippen molar-refractivity contribution in [2.45, 2.75) is 12.8 Å². The Labute approximate surface area is 161 Å². The van der Waals surface area contributed by atoms with Gasteiger partial charge in [0, 0.05) is 17.1 Å². The zero-order valence-electron chi connectivity index (χ0n) is 14.3. The summed E-state index contributed by atoms with van der Waals surface area (Å²) < 4.78 is 95.7. The summed E-state index contributed by atoms with van der Waals surface area (Å²) in [5.74, 6) is -4.98. The molecule has 13 heteroatoms. The van der Waals surface area contributed by atoms with Gasteiger partial charge < -0.3 is 15.0 Å². The molecule has 0 bridgehead atoms. The third-order valence-electron chi connectivity index (χ3n) is 3.80. The number of nitrogens with zero attached hydrogens (tertiary/aromatic N) is 1. The summed E-state index contributed by atoms with van der Waals surface area (Å²) in [6, 6.07) is 2.89. The van der Waals surface area contributed by atoms with E-state index in [2.05, 4.69) is 9.72 Å². The Bertz CT molecular complexity index is 1190. The van der Waals surface area contributed by atoms with Gasteiger partial charge in [0.05, 0.1) is 0 Å². The lowest BCUT2D eigenvalue weighted by molar-refractivity contribution is -0.140. The predicted molar refractivity (Wildman–Crippen MR) is 88.3 cm³/mol. The molecule has 0 spiro atoms. The molecule has 0 radical (unpaired) electrons. The third kappa shape index (κ3) is 4.04. The summed E-state index contributed by atoms with van der Waals surface area (Å²) in [6.07, 6.45) is -4.44. The summed E-state index contributed by atoms with van der Waals surface area (Å²) in [5.41, 5.74) is -5.09. The van der Waals surface area contributed by atoms with E-state index in [-0.39, 0.29) is 5.39 Å². The number of fused-ring (bicyclic) bond motifs is 1. The number of amides is 1. The zero-order chi connectivity index (χ0) is 22.2. The Morgan fingerprint density at radius 1 is 1.13 bits per heavy atom. The first-order chi connectivity index (χ1) is 14.0. The van der Waals surface area contributed by atoms with Gasteiger partial charge in [-0.2, -0.15) is 26.3 Å². The van der Waals surface area contributed by atoms with Crippen molar-refractivity contribution >= 4 is 22.5 Å². The highest BCUT2D eigenvalue weighted by molar-refractivity contribution is 6.13. The van der Waals surface area contributed by atoms with Crippen molar-refractivity contribution in [2.75, 3.05) is 5.32 Å². The molecule has 0 unspecified atom stereocenters. The van der Waals surface area contributed by atoms with Crippen LogP contribution in [0, 0.1) is 11.6 Å². The van der Waals surface area contributed by atoms with Crippen LogP contribution in [0.25, 0.3) is 10.9 Å². The molecule has 2 aromatic heterocycles. The highest BCUT2D eigenvalue weighted by atomic mass is 19.4. The molecule has 0 saturated heterocycles. The third-order valence-corrected chi connectivity index (χ3v) is 3.80. The van der Waals surface area contributed by atoms with E-state index in [4.69, 9.17) is 0 Å². The van der Waals surface area contributed by atoms with Crippen molar-refractivity contribution in [3.05, 3.63) is 63.7 Å². The summed E-state index contributed by atoms with van der Waals surface area (Å²) in [7, 11) is 0. The first-order valence-corrected chi connectivity index (χ1v) is 7.83. The zero-order valence-corrected chi connectivity index (χ0v) is 14.3. The number of nitrogens with one attached hydrogen (secondary N) is 2. The van der Waals surface area contributed by atoms with Crippen molar-refractivity contribution in [3.63, 3.8) is 0 Å². The highest BCUT2D eigenvalue weighted by Crippen LogP contribution is 2.34. The minimum atomic E-state index is -4.92. The van der Waals surface area contributed by atoms with Crippen LogP contribution in [0.1, 0.15) is 16.1 Å². The van der Waals surface area contributed by atoms with E-state index in [1.165, 1.54) is 0 Å². The number of aromatic nitrogens is 2. The molecular formula is C17H8F7N3O3. The molecule has 158 valence electrons. The number of aromatic amines is 1. The van der Waals surface area contributed by atoms with Crippen molar-refractivity contribution in [2.24, 2.45) is 0 Å². The van der Waals surface area contributed by atoms with Crippen LogP contribution < -0.4 is 15.6 Å². The molecule has 3 aromatic rings. The lowest BCUT2D eigenvalue weighted by Crippen LogP contribution is -2.20. The number of hydrogen-bond acceptors (Lipinski definition) is 4. The van der Waals surface area contributed by atoms with Gasteiger partial charge in [0.15, 0.2) is 11.6 Å². The lowest BCUT2D eigenvalue weighted by atomic mass is 10.1. The van der Waals surface area contributed by atoms with Gasteiger partial charge in [0.2, 0.25) is 5.82 Å². The van der Waals surface area contributed by atoms with Crippen molar-refractivity contribution in [3.8, 4) is 5.75 Å². The number of H-pyrrole nitrogens is 1. The summed E-state index contributed by atoms with van der Waals surface area (Å²) >= 11 is 0. The number of hydrogen-bond donors (Lipinski definition) is 2. The molecule has 0 aliphatic carbocycles. The fraction of sp³-hybridized carbons (Fsp3) is 0.118. The molecule has 0 saturated carbocycles. The average molecular weight is 435 g/mol. The monoisotopic (exact) mass is 435 g/mol. The molecule has 0 aliphatic rings. The number of pyridine rings is 2. The van der Waals surface area contributed by atoms with Gasteiger partial charge in [-0.25, -0.2) is 9.37 Å². The van der Waals surface area contributed by atoms with Crippen LogP contribution in [-0.4, -0.2) is 22.5 Å². The second-order valence-electron chi connectivity index (χ2n) is 5.69.